The molecule has 3 aromatic rings. The number of hydrogen-bond donors (Lipinski definition) is 2. The lowest BCUT2D eigenvalue weighted by molar-refractivity contribution is 0.0949. The summed E-state index contributed by atoms with van der Waals surface area (Å²) in [6.45, 7) is 1.83. The van der Waals surface area contributed by atoms with Gasteiger partial charge in [0.25, 0.3) is 5.91 Å². The minimum atomic E-state index is -3.40. The molecule has 0 saturated heterocycles. The zero-order chi connectivity index (χ0) is 18.2. The number of carbonyl (C=O) groups is 1. The number of imidazole rings is 1. The van der Waals surface area contributed by atoms with E-state index in [9.17, 15) is 13.2 Å². The van der Waals surface area contributed by atoms with E-state index in [1.165, 1.54) is 6.07 Å². The molecule has 0 spiro atoms. The number of aromatic amines is 1. The van der Waals surface area contributed by atoms with Crippen molar-refractivity contribution in [2.75, 3.05) is 6.26 Å². The van der Waals surface area contributed by atoms with E-state index in [2.05, 4.69) is 20.3 Å². The summed E-state index contributed by atoms with van der Waals surface area (Å²) in [7, 11) is -3.40. The van der Waals surface area contributed by atoms with Crippen LogP contribution in [0.4, 0.5) is 0 Å². The lowest BCUT2D eigenvalue weighted by Crippen LogP contribution is -2.23. The van der Waals surface area contributed by atoms with E-state index in [0.29, 0.717) is 27.7 Å². The molecule has 0 saturated carbocycles. The molecular weight excluding hydrogens is 364 g/mol. The van der Waals surface area contributed by atoms with Crippen LogP contribution in [0.15, 0.2) is 35.2 Å². The number of aryl methyl sites for hydroxylation is 1. The summed E-state index contributed by atoms with van der Waals surface area (Å²) in [5.74, 6) is 0.130. The van der Waals surface area contributed by atoms with E-state index in [0.717, 1.165) is 6.26 Å². The topological polar surface area (TPSA) is 105 Å². The molecule has 2 aromatic heterocycles. The van der Waals surface area contributed by atoms with Crippen LogP contribution >= 0.6 is 11.6 Å². The summed E-state index contributed by atoms with van der Waals surface area (Å²) in [6.07, 6.45) is 1.11. The van der Waals surface area contributed by atoms with E-state index >= 15 is 0 Å². The minimum Gasteiger partial charge on any atom is -0.345 e. The van der Waals surface area contributed by atoms with Gasteiger partial charge in [0.1, 0.15) is 16.5 Å². The smallest absolute Gasteiger partial charge is 0.251 e. The van der Waals surface area contributed by atoms with Gasteiger partial charge in [-0.15, -0.1) is 0 Å². The Morgan fingerprint density at radius 3 is 2.72 bits per heavy atom. The highest BCUT2D eigenvalue weighted by Gasteiger charge is 2.15. The van der Waals surface area contributed by atoms with Crippen molar-refractivity contribution in [3.8, 4) is 0 Å². The Labute approximate surface area is 149 Å². The molecule has 1 amide bonds. The van der Waals surface area contributed by atoms with Gasteiger partial charge < -0.3 is 10.3 Å². The minimum absolute atomic E-state index is 0.141. The van der Waals surface area contributed by atoms with Crippen LogP contribution in [0.5, 0.6) is 0 Å². The molecule has 0 aliphatic rings. The van der Waals surface area contributed by atoms with E-state index in [1.54, 1.807) is 31.2 Å². The van der Waals surface area contributed by atoms with Crippen molar-refractivity contribution in [2.45, 2.75) is 18.4 Å². The molecule has 2 N–H and O–H groups in total. The summed E-state index contributed by atoms with van der Waals surface area (Å²) in [4.78, 5) is 23.8. The zero-order valence-corrected chi connectivity index (χ0v) is 15.1. The number of carbonyl (C=O) groups excluding carboxylic acids is 1. The average molecular weight is 379 g/mol. The molecule has 0 radical (unpaired) electrons. The Hall–Kier alpha value is -2.45. The van der Waals surface area contributed by atoms with Crippen LogP contribution in [0.2, 0.25) is 5.15 Å². The number of nitrogens with zero attached hydrogens (tertiary/aromatic N) is 2. The standard InChI is InChI=1S/C16H15ClN4O3S/c1-9-3-4-10(7-12(9)25(2,23)24)16(22)18-8-14-19-11-5-6-13(17)20-15(11)21-14/h3-7H,8H2,1-2H3,(H,18,22)(H,19,20,21). The number of halogens is 1. The molecule has 0 aliphatic carbocycles. The number of benzene rings is 1. The van der Waals surface area contributed by atoms with E-state index in [1.807, 2.05) is 0 Å². The number of nitrogens with one attached hydrogen (secondary N) is 2. The molecule has 0 atom stereocenters. The molecule has 1 aromatic carbocycles. The highest BCUT2D eigenvalue weighted by Crippen LogP contribution is 2.17. The van der Waals surface area contributed by atoms with Crippen LogP contribution in [0.3, 0.4) is 0 Å². The van der Waals surface area contributed by atoms with Crippen molar-refractivity contribution in [3.05, 3.63) is 52.4 Å². The summed E-state index contributed by atoms with van der Waals surface area (Å²) >= 11 is 5.82. The lowest BCUT2D eigenvalue weighted by Gasteiger charge is -2.07. The van der Waals surface area contributed by atoms with Gasteiger partial charge in [-0.25, -0.2) is 18.4 Å². The average Bonchev–Trinajstić information content (AvgIpc) is 2.93. The second-order valence-corrected chi connectivity index (χ2v) is 7.99. The molecule has 2 heterocycles. The number of hydrogen-bond acceptors (Lipinski definition) is 5. The van der Waals surface area contributed by atoms with Gasteiger partial charge >= 0.3 is 0 Å². The third-order valence-electron chi connectivity index (χ3n) is 3.62. The second-order valence-electron chi connectivity index (χ2n) is 5.62. The lowest BCUT2D eigenvalue weighted by atomic mass is 10.1. The van der Waals surface area contributed by atoms with E-state index in [-0.39, 0.29) is 17.0 Å². The number of rotatable bonds is 4. The van der Waals surface area contributed by atoms with Crippen LogP contribution in [0.25, 0.3) is 11.2 Å². The van der Waals surface area contributed by atoms with Gasteiger partial charge in [-0.2, -0.15) is 0 Å². The maximum absolute atomic E-state index is 12.3. The maximum atomic E-state index is 12.3. The van der Waals surface area contributed by atoms with Crippen LogP contribution in [0, 0.1) is 6.92 Å². The van der Waals surface area contributed by atoms with Crippen molar-refractivity contribution in [1.82, 2.24) is 20.3 Å². The molecule has 3 rings (SSSR count). The van der Waals surface area contributed by atoms with Crippen molar-refractivity contribution >= 4 is 38.5 Å². The van der Waals surface area contributed by atoms with Crippen LogP contribution in [0.1, 0.15) is 21.7 Å². The van der Waals surface area contributed by atoms with Gasteiger partial charge in [-0.3, -0.25) is 4.79 Å². The number of sulfone groups is 1. The molecule has 0 unspecified atom stereocenters. The van der Waals surface area contributed by atoms with Gasteiger partial charge in [-0.1, -0.05) is 17.7 Å². The quantitative estimate of drug-likeness (QED) is 0.677. The first-order valence-electron chi connectivity index (χ1n) is 7.34. The second kappa shape index (κ2) is 6.45. The Bertz CT molecular complexity index is 1080. The summed E-state index contributed by atoms with van der Waals surface area (Å²) in [6, 6.07) is 7.93. The third-order valence-corrected chi connectivity index (χ3v) is 5.07. The SMILES string of the molecule is Cc1ccc(C(=O)NCc2nc3ccc(Cl)nc3[nH]2)cc1S(C)(=O)=O. The van der Waals surface area contributed by atoms with Crippen LogP contribution in [-0.2, 0) is 16.4 Å². The predicted octanol–water partition coefficient (Wildman–Crippen LogP) is 2.25. The molecule has 0 aliphatic heterocycles. The first-order valence-corrected chi connectivity index (χ1v) is 9.61. The van der Waals surface area contributed by atoms with Crippen molar-refractivity contribution in [1.29, 1.82) is 0 Å². The van der Waals surface area contributed by atoms with Crippen molar-refractivity contribution < 1.29 is 13.2 Å². The Morgan fingerprint density at radius 1 is 1.24 bits per heavy atom. The summed E-state index contributed by atoms with van der Waals surface area (Å²) < 4.78 is 23.5. The van der Waals surface area contributed by atoms with E-state index in [4.69, 9.17) is 11.6 Å². The molecular formula is C16H15ClN4O3S. The number of aromatic nitrogens is 3. The van der Waals surface area contributed by atoms with Crippen LogP contribution in [-0.4, -0.2) is 35.5 Å². The van der Waals surface area contributed by atoms with Gasteiger partial charge in [0.05, 0.1) is 11.4 Å². The van der Waals surface area contributed by atoms with Gasteiger partial charge in [0, 0.05) is 11.8 Å². The molecule has 25 heavy (non-hydrogen) atoms. The van der Waals surface area contributed by atoms with Crippen molar-refractivity contribution in [2.24, 2.45) is 0 Å². The highest BCUT2D eigenvalue weighted by molar-refractivity contribution is 7.90. The van der Waals surface area contributed by atoms with Crippen LogP contribution < -0.4 is 5.32 Å². The molecule has 9 heteroatoms. The molecule has 130 valence electrons. The summed E-state index contributed by atoms with van der Waals surface area (Å²) in [5, 5.41) is 3.05. The van der Waals surface area contributed by atoms with Gasteiger partial charge in [0.2, 0.25) is 0 Å². The van der Waals surface area contributed by atoms with E-state index < -0.39 is 15.7 Å². The first-order chi connectivity index (χ1) is 11.7. The fourth-order valence-electron chi connectivity index (χ4n) is 2.41. The number of H-pyrrole nitrogens is 1. The number of pyridine rings is 1. The molecule has 0 bridgehead atoms. The maximum Gasteiger partial charge on any atom is 0.251 e. The van der Waals surface area contributed by atoms with Gasteiger partial charge in [0.15, 0.2) is 15.5 Å². The fraction of sp³-hybridized carbons (Fsp3) is 0.188. The normalized spacial score (nSPS) is 11.6. The zero-order valence-electron chi connectivity index (χ0n) is 13.5. The third kappa shape index (κ3) is 3.80. The first kappa shape index (κ1) is 17.4. The largest absolute Gasteiger partial charge is 0.345 e. The highest BCUT2D eigenvalue weighted by atomic mass is 35.5. The van der Waals surface area contributed by atoms with Crippen molar-refractivity contribution in [3.63, 3.8) is 0 Å². The molecule has 7 nitrogen and oxygen atoms in total. The Balaban J connectivity index is 1.78. The Kier molecular flexibility index (Phi) is 4.49. The number of amides is 1. The summed E-state index contributed by atoms with van der Waals surface area (Å²) in [5.41, 5.74) is 2.04. The monoisotopic (exact) mass is 378 g/mol. The Morgan fingerprint density at radius 2 is 2.00 bits per heavy atom. The fourth-order valence-corrected chi connectivity index (χ4v) is 3.55. The number of fused-ring (bicyclic) bond motifs is 1. The van der Waals surface area contributed by atoms with Gasteiger partial charge in [-0.05, 0) is 36.8 Å². The predicted molar refractivity (Wildman–Crippen MR) is 94.4 cm³/mol. The molecule has 0 fully saturated rings.